The summed E-state index contributed by atoms with van der Waals surface area (Å²) in [7, 11) is 1.60. The van der Waals surface area contributed by atoms with E-state index in [1.54, 1.807) is 7.11 Å². The van der Waals surface area contributed by atoms with E-state index in [9.17, 15) is 4.79 Å². The van der Waals surface area contributed by atoms with Gasteiger partial charge in [-0.1, -0.05) is 30.7 Å². The fourth-order valence-corrected chi connectivity index (χ4v) is 2.05. The molecule has 1 rings (SSSR count). The normalized spacial score (nSPS) is 12.3. The number of carbonyl (C=O) groups excluding carboxylic acids is 1. The average Bonchev–Trinajstić information content (AvgIpc) is 2.18. The van der Waals surface area contributed by atoms with Crippen molar-refractivity contribution in [3.8, 4) is 5.75 Å². The van der Waals surface area contributed by atoms with Crippen molar-refractivity contribution in [3.63, 3.8) is 0 Å². The third-order valence-corrected chi connectivity index (χ3v) is 2.90. The molecule has 1 atom stereocenters. The van der Waals surface area contributed by atoms with E-state index in [0.717, 1.165) is 17.4 Å². The van der Waals surface area contributed by atoms with Crippen LogP contribution in [0.1, 0.15) is 30.4 Å². The first-order chi connectivity index (χ1) is 7.11. The largest absolute Gasteiger partial charge is 0.495 e. The van der Waals surface area contributed by atoms with E-state index >= 15 is 0 Å². The number of carbonyl (C=O) groups is 1. The highest BCUT2D eigenvalue weighted by molar-refractivity contribution is 6.33. The molecule has 1 aromatic rings. The minimum absolute atomic E-state index is 0.129. The van der Waals surface area contributed by atoms with Crippen LogP contribution in [0.15, 0.2) is 12.1 Å². The molecule has 0 fully saturated rings. The summed E-state index contributed by atoms with van der Waals surface area (Å²) < 4.78 is 5.22. The van der Waals surface area contributed by atoms with Crippen LogP contribution in [0.2, 0.25) is 5.02 Å². The summed E-state index contributed by atoms with van der Waals surface area (Å²) in [4.78, 5) is 10.4. The summed E-state index contributed by atoms with van der Waals surface area (Å²) >= 11 is 6.20. The van der Waals surface area contributed by atoms with Crippen LogP contribution < -0.4 is 4.74 Å². The quantitative estimate of drug-likeness (QED) is 0.736. The van der Waals surface area contributed by atoms with Gasteiger partial charge in [-0.05, 0) is 24.0 Å². The summed E-state index contributed by atoms with van der Waals surface area (Å²) in [5.41, 5.74) is 1.97. The zero-order valence-electron chi connectivity index (χ0n) is 9.21. The van der Waals surface area contributed by atoms with E-state index in [1.807, 2.05) is 26.0 Å². The number of methoxy groups -OCH3 is 1. The van der Waals surface area contributed by atoms with Gasteiger partial charge in [0.25, 0.3) is 0 Å². The Bertz CT molecular complexity index is 361. The number of rotatable bonds is 4. The van der Waals surface area contributed by atoms with E-state index in [1.165, 1.54) is 0 Å². The highest BCUT2D eigenvalue weighted by atomic mass is 35.5. The molecule has 82 valence electrons. The lowest BCUT2D eigenvalue weighted by atomic mass is 9.97. The Labute approximate surface area is 95.2 Å². The van der Waals surface area contributed by atoms with Gasteiger partial charge in [-0.15, -0.1) is 0 Å². The maximum Gasteiger partial charge on any atom is 0.140 e. The zero-order chi connectivity index (χ0) is 11.4. The fraction of sp³-hybridized carbons (Fsp3) is 0.417. The van der Waals surface area contributed by atoms with Gasteiger partial charge in [-0.2, -0.15) is 0 Å². The Kier molecular flexibility index (Phi) is 4.15. The topological polar surface area (TPSA) is 26.3 Å². The summed E-state index contributed by atoms with van der Waals surface area (Å²) in [6, 6.07) is 3.91. The molecule has 15 heavy (non-hydrogen) atoms. The lowest BCUT2D eigenvalue weighted by molar-refractivity contribution is -0.108. The third-order valence-electron chi connectivity index (χ3n) is 2.51. The van der Waals surface area contributed by atoms with Crippen LogP contribution in [0.3, 0.4) is 0 Å². The highest BCUT2D eigenvalue weighted by Gasteiger charge is 2.14. The minimum atomic E-state index is 0.129. The first-order valence-corrected chi connectivity index (χ1v) is 5.26. The van der Waals surface area contributed by atoms with Gasteiger partial charge >= 0.3 is 0 Å². The molecule has 0 aliphatic rings. The molecule has 0 aliphatic carbocycles. The Morgan fingerprint density at radius 1 is 1.53 bits per heavy atom. The molecule has 0 aliphatic heterocycles. The van der Waals surface area contributed by atoms with E-state index in [-0.39, 0.29) is 5.92 Å². The van der Waals surface area contributed by atoms with Crippen molar-refractivity contribution in [2.24, 2.45) is 0 Å². The number of aryl methyl sites for hydroxylation is 1. The van der Waals surface area contributed by atoms with Crippen LogP contribution in [-0.4, -0.2) is 13.4 Å². The summed E-state index contributed by atoms with van der Waals surface area (Å²) in [5, 5.41) is 0.617. The molecule has 0 spiro atoms. The van der Waals surface area contributed by atoms with Gasteiger partial charge in [-0.25, -0.2) is 0 Å². The second kappa shape index (κ2) is 5.17. The van der Waals surface area contributed by atoms with Gasteiger partial charge in [0.15, 0.2) is 0 Å². The van der Waals surface area contributed by atoms with Crippen LogP contribution in [0.25, 0.3) is 0 Å². The van der Waals surface area contributed by atoms with Gasteiger partial charge < -0.3 is 9.53 Å². The van der Waals surface area contributed by atoms with Crippen LogP contribution in [0.5, 0.6) is 5.75 Å². The van der Waals surface area contributed by atoms with Gasteiger partial charge in [0.2, 0.25) is 0 Å². The van der Waals surface area contributed by atoms with Gasteiger partial charge in [0.1, 0.15) is 12.0 Å². The second-order valence-corrected chi connectivity index (χ2v) is 4.00. The standard InChI is InChI=1S/C12H15ClO2/c1-8(6-7-14)10-5-4-9(2)12(15-3)11(10)13/h4-5,7-8H,6H2,1-3H3. The molecule has 0 saturated heterocycles. The maximum atomic E-state index is 10.4. The van der Waals surface area contributed by atoms with Crippen molar-refractivity contribution in [2.75, 3.05) is 7.11 Å². The smallest absolute Gasteiger partial charge is 0.140 e. The molecule has 0 aromatic heterocycles. The number of halogens is 1. The van der Waals surface area contributed by atoms with Crippen LogP contribution in [-0.2, 0) is 4.79 Å². The van der Waals surface area contributed by atoms with E-state index in [0.29, 0.717) is 17.2 Å². The van der Waals surface area contributed by atoms with E-state index in [2.05, 4.69) is 0 Å². The molecule has 0 radical (unpaired) electrons. The molecular formula is C12H15ClO2. The molecule has 0 bridgehead atoms. The lowest BCUT2D eigenvalue weighted by Gasteiger charge is -2.15. The Morgan fingerprint density at radius 3 is 2.73 bits per heavy atom. The number of aldehydes is 1. The highest BCUT2D eigenvalue weighted by Crippen LogP contribution is 2.36. The van der Waals surface area contributed by atoms with Gasteiger partial charge in [0, 0.05) is 6.42 Å². The fourth-order valence-electron chi connectivity index (χ4n) is 1.57. The first-order valence-electron chi connectivity index (χ1n) is 4.88. The van der Waals surface area contributed by atoms with Crippen molar-refractivity contribution in [1.29, 1.82) is 0 Å². The van der Waals surface area contributed by atoms with E-state index in [4.69, 9.17) is 16.3 Å². The molecule has 2 nitrogen and oxygen atoms in total. The Hall–Kier alpha value is -1.02. The molecular weight excluding hydrogens is 212 g/mol. The Balaban J connectivity index is 3.14. The molecule has 3 heteroatoms. The predicted octanol–water partition coefficient (Wildman–Crippen LogP) is 3.35. The van der Waals surface area contributed by atoms with Crippen molar-refractivity contribution in [2.45, 2.75) is 26.2 Å². The minimum Gasteiger partial charge on any atom is -0.495 e. The third kappa shape index (κ3) is 2.51. The van der Waals surface area contributed by atoms with Crippen LogP contribution in [0, 0.1) is 6.92 Å². The van der Waals surface area contributed by atoms with E-state index < -0.39 is 0 Å². The molecule has 0 heterocycles. The number of hydrogen-bond donors (Lipinski definition) is 0. The number of hydrogen-bond acceptors (Lipinski definition) is 2. The summed E-state index contributed by atoms with van der Waals surface area (Å²) in [6.45, 7) is 3.92. The summed E-state index contributed by atoms with van der Waals surface area (Å²) in [5.74, 6) is 0.830. The first kappa shape index (κ1) is 12.1. The molecule has 1 aromatic carbocycles. The van der Waals surface area contributed by atoms with Crippen molar-refractivity contribution in [3.05, 3.63) is 28.3 Å². The summed E-state index contributed by atoms with van der Waals surface area (Å²) in [6.07, 6.45) is 1.39. The predicted molar refractivity (Wildman–Crippen MR) is 61.8 cm³/mol. The second-order valence-electron chi connectivity index (χ2n) is 3.62. The van der Waals surface area contributed by atoms with Crippen LogP contribution in [0.4, 0.5) is 0 Å². The SMILES string of the molecule is COc1c(C)ccc(C(C)CC=O)c1Cl. The lowest BCUT2D eigenvalue weighted by Crippen LogP contribution is -1.98. The van der Waals surface area contributed by atoms with Crippen molar-refractivity contribution < 1.29 is 9.53 Å². The average molecular weight is 227 g/mol. The van der Waals surface area contributed by atoms with Gasteiger partial charge in [-0.3, -0.25) is 0 Å². The molecule has 1 unspecified atom stereocenters. The maximum absolute atomic E-state index is 10.4. The number of ether oxygens (including phenoxy) is 1. The van der Waals surface area contributed by atoms with Crippen molar-refractivity contribution >= 4 is 17.9 Å². The van der Waals surface area contributed by atoms with Crippen LogP contribution >= 0.6 is 11.6 Å². The van der Waals surface area contributed by atoms with Gasteiger partial charge in [0.05, 0.1) is 12.1 Å². The monoisotopic (exact) mass is 226 g/mol. The van der Waals surface area contributed by atoms with Crippen molar-refractivity contribution in [1.82, 2.24) is 0 Å². The molecule has 0 amide bonds. The zero-order valence-corrected chi connectivity index (χ0v) is 9.97. The Morgan fingerprint density at radius 2 is 2.20 bits per heavy atom. The molecule has 0 N–H and O–H groups in total. The number of benzene rings is 1. The molecule has 0 saturated carbocycles.